The van der Waals surface area contributed by atoms with Gasteiger partial charge in [0.15, 0.2) is 0 Å². The van der Waals surface area contributed by atoms with Gasteiger partial charge in [-0.1, -0.05) is 67.1 Å². The maximum atomic E-state index is 13.3. The van der Waals surface area contributed by atoms with Crippen molar-refractivity contribution in [3.8, 4) is 0 Å². The summed E-state index contributed by atoms with van der Waals surface area (Å²) in [7, 11) is -3.81. The molecule has 0 aromatic heterocycles. The largest absolute Gasteiger partial charge is 0.352 e. The second-order valence-electron chi connectivity index (χ2n) is 7.99. The third-order valence-corrected chi connectivity index (χ3v) is 6.78. The van der Waals surface area contributed by atoms with Gasteiger partial charge in [0.05, 0.1) is 23.2 Å². The van der Waals surface area contributed by atoms with E-state index >= 15 is 0 Å². The van der Waals surface area contributed by atoms with E-state index < -0.39 is 22.0 Å². The van der Waals surface area contributed by atoms with E-state index in [2.05, 4.69) is 10.6 Å². The van der Waals surface area contributed by atoms with Crippen LogP contribution in [-0.2, 0) is 21.2 Å². The first kappa shape index (κ1) is 26.2. The van der Waals surface area contributed by atoms with E-state index in [0.29, 0.717) is 23.7 Å². The SMILES string of the molecule is CC[C@@H](C(=O)Nc1ccccc1C(=O)NCCc1ccccc1)N(c1cccc(Cl)c1)S(C)(=O)=O. The number of hydrogen-bond acceptors (Lipinski definition) is 4. The zero-order valence-electron chi connectivity index (χ0n) is 19.6. The number of carbonyl (C=O) groups is 2. The van der Waals surface area contributed by atoms with E-state index in [9.17, 15) is 18.0 Å². The molecule has 0 unspecified atom stereocenters. The van der Waals surface area contributed by atoms with Crippen molar-refractivity contribution in [2.75, 3.05) is 22.4 Å². The van der Waals surface area contributed by atoms with Gasteiger partial charge >= 0.3 is 0 Å². The topological polar surface area (TPSA) is 95.6 Å². The highest BCUT2D eigenvalue weighted by Crippen LogP contribution is 2.26. The Morgan fingerprint density at radius 3 is 2.31 bits per heavy atom. The minimum atomic E-state index is -3.81. The van der Waals surface area contributed by atoms with E-state index in [1.54, 1.807) is 49.4 Å². The van der Waals surface area contributed by atoms with Crippen LogP contribution in [0.4, 0.5) is 11.4 Å². The van der Waals surface area contributed by atoms with Crippen molar-refractivity contribution in [3.05, 3.63) is 95.0 Å². The molecule has 7 nitrogen and oxygen atoms in total. The van der Waals surface area contributed by atoms with Gasteiger partial charge in [-0.2, -0.15) is 0 Å². The number of nitrogens with zero attached hydrogens (tertiary/aromatic N) is 1. The van der Waals surface area contributed by atoms with Gasteiger partial charge < -0.3 is 10.6 Å². The summed E-state index contributed by atoms with van der Waals surface area (Å²) in [6.45, 7) is 2.15. The van der Waals surface area contributed by atoms with Crippen LogP contribution in [0.3, 0.4) is 0 Å². The highest BCUT2D eigenvalue weighted by atomic mass is 35.5. The molecule has 0 aliphatic rings. The number of anilines is 2. The van der Waals surface area contributed by atoms with Crippen molar-refractivity contribution in [1.29, 1.82) is 0 Å². The lowest BCUT2D eigenvalue weighted by Gasteiger charge is -2.30. The molecule has 1 atom stereocenters. The second kappa shape index (κ2) is 11.9. The first-order chi connectivity index (χ1) is 16.7. The van der Waals surface area contributed by atoms with Crippen molar-refractivity contribution < 1.29 is 18.0 Å². The van der Waals surface area contributed by atoms with Gasteiger partial charge in [0, 0.05) is 11.6 Å². The monoisotopic (exact) mass is 513 g/mol. The second-order valence-corrected chi connectivity index (χ2v) is 10.3. The van der Waals surface area contributed by atoms with Crippen molar-refractivity contribution >= 4 is 44.8 Å². The molecule has 9 heteroatoms. The van der Waals surface area contributed by atoms with Gasteiger partial charge in [-0.15, -0.1) is 0 Å². The maximum absolute atomic E-state index is 13.3. The van der Waals surface area contributed by atoms with Crippen molar-refractivity contribution in [1.82, 2.24) is 5.32 Å². The van der Waals surface area contributed by atoms with Gasteiger partial charge in [-0.25, -0.2) is 8.42 Å². The molecule has 0 heterocycles. The first-order valence-corrected chi connectivity index (χ1v) is 13.4. The van der Waals surface area contributed by atoms with Crippen LogP contribution in [0.2, 0.25) is 5.02 Å². The molecular formula is C26H28ClN3O4S. The Bertz CT molecular complexity index is 1280. The van der Waals surface area contributed by atoms with Crippen LogP contribution in [0.15, 0.2) is 78.9 Å². The van der Waals surface area contributed by atoms with Crippen molar-refractivity contribution in [3.63, 3.8) is 0 Å². The van der Waals surface area contributed by atoms with E-state index in [1.165, 1.54) is 6.07 Å². The van der Waals surface area contributed by atoms with Gasteiger partial charge in [0.1, 0.15) is 6.04 Å². The van der Waals surface area contributed by atoms with E-state index in [4.69, 9.17) is 11.6 Å². The molecule has 35 heavy (non-hydrogen) atoms. The summed E-state index contributed by atoms with van der Waals surface area (Å²) in [6, 6.07) is 21.7. The molecule has 3 aromatic rings. The lowest BCUT2D eigenvalue weighted by Crippen LogP contribution is -2.47. The summed E-state index contributed by atoms with van der Waals surface area (Å²) in [6.07, 6.45) is 1.91. The third kappa shape index (κ3) is 7.07. The van der Waals surface area contributed by atoms with Crippen LogP contribution < -0.4 is 14.9 Å². The molecule has 2 amide bonds. The summed E-state index contributed by atoms with van der Waals surface area (Å²) in [5.41, 5.74) is 1.97. The predicted molar refractivity (Wildman–Crippen MR) is 140 cm³/mol. The standard InChI is InChI=1S/C26H28ClN3O4S/c1-3-24(30(35(2,33)34)21-13-9-12-20(27)18-21)26(32)29-23-15-8-7-14-22(23)25(31)28-17-16-19-10-5-4-6-11-19/h4-15,18,24H,3,16-17H2,1-2H3,(H,28,31)(H,29,32)/t24-/m0/s1. The lowest BCUT2D eigenvalue weighted by molar-refractivity contribution is -0.117. The lowest BCUT2D eigenvalue weighted by atomic mass is 10.1. The van der Waals surface area contributed by atoms with Crippen molar-refractivity contribution in [2.24, 2.45) is 0 Å². The fourth-order valence-corrected chi connectivity index (χ4v) is 5.13. The Hall–Kier alpha value is -3.36. The number of rotatable bonds is 10. The number of sulfonamides is 1. The molecule has 0 bridgehead atoms. The number of amides is 2. The quantitative estimate of drug-likeness (QED) is 0.417. The normalized spacial score (nSPS) is 12.0. The minimum Gasteiger partial charge on any atom is -0.352 e. The van der Waals surface area contributed by atoms with Gasteiger partial charge in [0.2, 0.25) is 15.9 Å². The number of halogens is 1. The number of hydrogen-bond donors (Lipinski definition) is 2. The Morgan fingerprint density at radius 2 is 1.66 bits per heavy atom. The van der Waals surface area contributed by atoms with Crippen LogP contribution in [-0.4, -0.2) is 39.1 Å². The maximum Gasteiger partial charge on any atom is 0.253 e. The highest BCUT2D eigenvalue weighted by molar-refractivity contribution is 7.92. The van der Waals surface area contributed by atoms with Crippen LogP contribution in [0.1, 0.15) is 29.3 Å². The Labute approximate surface area is 211 Å². The van der Waals surface area contributed by atoms with Crippen LogP contribution >= 0.6 is 11.6 Å². The number of nitrogens with one attached hydrogen (secondary N) is 2. The highest BCUT2D eigenvalue weighted by Gasteiger charge is 2.32. The summed E-state index contributed by atoms with van der Waals surface area (Å²) in [4.78, 5) is 26.1. The summed E-state index contributed by atoms with van der Waals surface area (Å²) in [5.74, 6) is -0.887. The molecular weight excluding hydrogens is 486 g/mol. The zero-order valence-corrected chi connectivity index (χ0v) is 21.1. The molecule has 0 aliphatic heterocycles. The molecule has 0 saturated carbocycles. The molecule has 2 N–H and O–H groups in total. The fourth-order valence-electron chi connectivity index (χ4n) is 3.74. The molecule has 0 radical (unpaired) electrons. The Morgan fingerprint density at radius 1 is 0.971 bits per heavy atom. The third-order valence-electron chi connectivity index (χ3n) is 5.36. The van der Waals surface area contributed by atoms with E-state index in [1.807, 2.05) is 30.3 Å². The van der Waals surface area contributed by atoms with Gasteiger partial charge in [-0.3, -0.25) is 13.9 Å². The molecule has 0 fully saturated rings. The van der Waals surface area contributed by atoms with Crippen molar-refractivity contribution in [2.45, 2.75) is 25.8 Å². The average Bonchev–Trinajstić information content (AvgIpc) is 2.82. The summed E-state index contributed by atoms with van der Waals surface area (Å²) < 4.78 is 26.4. The molecule has 3 aromatic carbocycles. The zero-order chi connectivity index (χ0) is 25.4. The Balaban J connectivity index is 1.78. The van der Waals surface area contributed by atoms with E-state index in [0.717, 1.165) is 16.1 Å². The molecule has 0 aliphatic carbocycles. The summed E-state index contributed by atoms with van der Waals surface area (Å²) in [5, 5.41) is 5.97. The van der Waals surface area contributed by atoms with E-state index in [-0.39, 0.29) is 23.6 Å². The van der Waals surface area contributed by atoms with Crippen LogP contribution in [0, 0.1) is 0 Å². The smallest absolute Gasteiger partial charge is 0.253 e. The van der Waals surface area contributed by atoms with Gasteiger partial charge in [0.25, 0.3) is 5.91 Å². The predicted octanol–water partition coefficient (Wildman–Crippen LogP) is 4.50. The van der Waals surface area contributed by atoms with Gasteiger partial charge in [-0.05, 0) is 48.7 Å². The number of benzene rings is 3. The molecule has 184 valence electrons. The van der Waals surface area contributed by atoms with Crippen LogP contribution in [0.25, 0.3) is 0 Å². The molecule has 3 rings (SSSR count). The average molecular weight is 514 g/mol. The molecule has 0 spiro atoms. The molecule has 0 saturated heterocycles. The first-order valence-electron chi connectivity index (χ1n) is 11.2. The fraction of sp³-hybridized carbons (Fsp3) is 0.231. The number of para-hydroxylation sites is 1. The Kier molecular flexibility index (Phi) is 8.89. The summed E-state index contributed by atoms with van der Waals surface area (Å²) >= 11 is 6.07. The minimum absolute atomic E-state index is 0.205. The van der Waals surface area contributed by atoms with Crippen LogP contribution in [0.5, 0.6) is 0 Å². The number of carbonyl (C=O) groups excluding carboxylic acids is 2.